The molecular weight excluding hydrogens is 264 g/mol. The highest BCUT2D eigenvalue weighted by Crippen LogP contribution is 2.22. The van der Waals surface area contributed by atoms with Crippen molar-refractivity contribution in [3.05, 3.63) is 22.7 Å². The Balaban J connectivity index is 1.86. The average Bonchev–Trinajstić information content (AvgIpc) is 3.03. The summed E-state index contributed by atoms with van der Waals surface area (Å²) in [7, 11) is 0. The lowest BCUT2D eigenvalue weighted by Crippen LogP contribution is -2.34. The van der Waals surface area contributed by atoms with E-state index in [0.717, 1.165) is 38.3 Å². The van der Waals surface area contributed by atoms with Gasteiger partial charge in [-0.25, -0.2) is 0 Å². The van der Waals surface area contributed by atoms with Crippen molar-refractivity contribution in [2.24, 2.45) is 0 Å². The van der Waals surface area contributed by atoms with Crippen molar-refractivity contribution in [1.82, 2.24) is 30.4 Å². The van der Waals surface area contributed by atoms with E-state index in [-0.39, 0.29) is 5.91 Å². The number of tetrazole rings is 1. The molecule has 1 saturated heterocycles. The number of carbonyl (C=O) groups excluding carboxylic acids is 1. The van der Waals surface area contributed by atoms with Gasteiger partial charge in [0.05, 0.1) is 5.69 Å². The summed E-state index contributed by atoms with van der Waals surface area (Å²) < 4.78 is 1.53. The summed E-state index contributed by atoms with van der Waals surface area (Å²) in [6.07, 6.45) is 2.49. The minimum Gasteiger partial charge on any atom is -0.337 e. The molecule has 0 aliphatic carbocycles. The Kier molecular flexibility index (Phi) is 3.51. The van der Waals surface area contributed by atoms with Crippen LogP contribution >= 0.6 is 11.3 Å². The number of nitrogens with one attached hydrogen (secondary N) is 1. The first-order valence-electron chi connectivity index (χ1n) is 6.17. The molecular formula is C11H14N6OS. The molecule has 0 radical (unpaired) electrons. The Morgan fingerprint density at radius 1 is 1.37 bits per heavy atom. The summed E-state index contributed by atoms with van der Waals surface area (Å²) in [6, 6.07) is 1.87. The van der Waals surface area contributed by atoms with Crippen LogP contribution in [-0.2, 0) is 0 Å². The van der Waals surface area contributed by atoms with Gasteiger partial charge in [0, 0.05) is 19.6 Å². The zero-order chi connectivity index (χ0) is 13.1. The Bertz CT molecular complexity index is 543. The van der Waals surface area contributed by atoms with Gasteiger partial charge in [0.15, 0.2) is 0 Å². The second kappa shape index (κ2) is 5.45. The van der Waals surface area contributed by atoms with Crippen LogP contribution in [0, 0.1) is 0 Å². The largest absolute Gasteiger partial charge is 0.337 e. The van der Waals surface area contributed by atoms with Gasteiger partial charge in [-0.05, 0) is 34.8 Å². The number of amides is 1. The molecule has 0 bridgehead atoms. The van der Waals surface area contributed by atoms with Crippen molar-refractivity contribution in [1.29, 1.82) is 0 Å². The molecule has 8 heteroatoms. The molecule has 19 heavy (non-hydrogen) atoms. The third-order valence-electron chi connectivity index (χ3n) is 3.06. The van der Waals surface area contributed by atoms with E-state index in [1.807, 2.05) is 16.3 Å². The van der Waals surface area contributed by atoms with Crippen LogP contribution in [0.1, 0.15) is 16.1 Å². The Morgan fingerprint density at radius 3 is 3.16 bits per heavy atom. The molecule has 3 heterocycles. The SMILES string of the molecule is O=C(c1sccc1-n1cnnn1)N1CCCNCC1. The number of hydrogen-bond donors (Lipinski definition) is 1. The third-order valence-corrected chi connectivity index (χ3v) is 3.95. The summed E-state index contributed by atoms with van der Waals surface area (Å²) in [5.41, 5.74) is 0.747. The van der Waals surface area contributed by atoms with Gasteiger partial charge in [-0.3, -0.25) is 4.79 Å². The summed E-state index contributed by atoms with van der Waals surface area (Å²) in [6.45, 7) is 3.34. The van der Waals surface area contributed by atoms with Gasteiger partial charge in [0.25, 0.3) is 5.91 Å². The van der Waals surface area contributed by atoms with E-state index >= 15 is 0 Å². The van der Waals surface area contributed by atoms with E-state index in [0.29, 0.717) is 4.88 Å². The van der Waals surface area contributed by atoms with Crippen molar-refractivity contribution in [3.8, 4) is 5.69 Å². The van der Waals surface area contributed by atoms with Gasteiger partial charge >= 0.3 is 0 Å². The summed E-state index contributed by atoms with van der Waals surface area (Å²) >= 11 is 1.43. The molecule has 1 aliphatic heterocycles. The van der Waals surface area contributed by atoms with Crippen LogP contribution in [0.15, 0.2) is 17.8 Å². The fourth-order valence-electron chi connectivity index (χ4n) is 2.11. The Morgan fingerprint density at radius 2 is 2.32 bits per heavy atom. The molecule has 0 saturated carbocycles. The zero-order valence-corrected chi connectivity index (χ0v) is 11.1. The van der Waals surface area contributed by atoms with Crippen molar-refractivity contribution >= 4 is 17.2 Å². The number of thiophene rings is 1. The molecule has 0 spiro atoms. The number of carbonyl (C=O) groups is 1. The smallest absolute Gasteiger partial charge is 0.266 e. The van der Waals surface area contributed by atoms with Crippen LogP contribution in [-0.4, -0.2) is 57.2 Å². The van der Waals surface area contributed by atoms with Gasteiger partial charge in [0.2, 0.25) is 0 Å². The lowest BCUT2D eigenvalue weighted by Gasteiger charge is -2.19. The predicted molar refractivity (Wildman–Crippen MR) is 70.4 cm³/mol. The maximum Gasteiger partial charge on any atom is 0.266 e. The van der Waals surface area contributed by atoms with Gasteiger partial charge in [-0.1, -0.05) is 0 Å². The van der Waals surface area contributed by atoms with Gasteiger partial charge in [-0.2, -0.15) is 4.68 Å². The summed E-state index contributed by atoms with van der Waals surface area (Å²) in [5, 5.41) is 16.2. The number of nitrogens with zero attached hydrogens (tertiary/aromatic N) is 5. The molecule has 1 amide bonds. The normalized spacial score (nSPS) is 16.3. The van der Waals surface area contributed by atoms with Crippen LogP contribution in [0.4, 0.5) is 0 Å². The molecule has 1 aliphatic rings. The third kappa shape index (κ3) is 2.49. The predicted octanol–water partition coefficient (Wildman–Crippen LogP) is 0.159. The van der Waals surface area contributed by atoms with E-state index < -0.39 is 0 Å². The first-order valence-corrected chi connectivity index (χ1v) is 7.05. The quantitative estimate of drug-likeness (QED) is 0.847. The fraction of sp³-hybridized carbons (Fsp3) is 0.455. The molecule has 2 aromatic heterocycles. The van der Waals surface area contributed by atoms with Gasteiger partial charge in [0.1, 0.15) is 11.2 Å². The monoisotopic (exact) mass is 278 g/mol. The van der Waals surface area contributed by atoms with Crippen molar-refractivity contribution in [3.63, 3.8) is 0 Å². The molecule has 1 N–H and O–H groups in total. The average molecular weight is 278 g/mol. The fourth-order valence-corrected chi connectivity index (χ4v) is 2.95. The first kappa shape index (κ1) is 12.2. The van der Waals surface area contributed by atoms with E-state index in [1.165, 1.54) is 22.3 Å². The number of aromatic nitrogens is 4. The van der Waals surface area contributed by atoms with Crippen LogP contribution in [0.25, 0.3) is 5.69 Å². The number of hydrogen-bond acceptors (Lipinski definition) is 6. The highest BCUT2D eigenvalue weighted by Gasteiger charge is 2.22. The van der Waals surface area contributed by atoms with Gasteiger partial charge < -0.3 is 10.2 Å². The Hall–Kier alpha value is -1.80. The van der Waals surface area contributed by atoms with E-state index in [4.69, 9.17) is 0 Å². The number of rotatable bonds is 2. The molecule has 0 unspecified atom stereocenters. The summed E-state index contributed by atoms with van der Waals surface area (Å²) in [4.78, 5) is 15.1. The van der Waals surface area contributed by atoms with Gasteiger partial charge in [-0.15, -0.1) is 16.4 Å². The molecule has 2 aromatic rings. The minimum absolute atomic E-state index is 0.0594. The van der Waals surface area contributed by atoms with Crippen molar-refractivity contribution in [2.45, 2.75) is 6.42 Å². The first-order chi connectivity index (χ1) is 9.36. The molecule has 7 nitrogen and oxygen atoms in total. The van der Waals surface area contributed by atoms with Crippen LogP contribution in [0.3, 0.4) is 0 Å². The Labute approximate surface area is 114 Å². The standard InChI is InChI=1S/C11H14N6OS/c18-11(16-5-1-3-12-4-6-16)10-9(2-7-19-10)17-8-13-14-15-17/h2,7-8,12H,1,3-6H2. The highest BCUT2D eigenvalue weighted by atomic mass is 32.1. The molecule has 100 valence electrons. The molecule has 0 atom stereocenters. The van der Waals surface area contributed by atoms with E-state index in [9.17, 15) is 4.79 Å². The van der Waals surface area contributed by atoms with E-state index in [1.54, 1.807) is 0 Å². The second-order valence-electron chi connectivity index (χ2n) is 4.29. The minimum atomic E-state index is 0.0594. The zero-order valence-electron chi connectivity index (χ0n) is 10.3. The topological polar surface area (TPSA) is 75.9 Å². The summed E-state index contributed by atoms with van der Waals surface area (Å²) in [5.74, 6) is 0.0594. The lowest BCUT2D eigenvalue weighted by atomic mass is 10.3. The van der Waals surface area contributed by atoms with Crippen LogP contribution in [0.5, 0.6) is 0 Å². The lowest BCUT2D eigenvalue weighted by molar-refractivity contribution is 0.0771. The second-order valence-corrected chi connectivity index (χ2v) is 5.20. The van der Waals surface area contributed by atoms with Crippen molar-refractivity contribution in [2.75, 3.05) is 26.2 Å². The van der Waals surface area contributed by atoms with Crippen LogP contribution in [0.2, 0.25) is 0 Å². The highest BCUT2D eigenvalue weighted by molar-refractivity contribution is 7.12. The van der Waals surface area contributed by atoms with Crippen molar-refractivity contribution < 1.29 is 4.79 Å². The maximum absolute atomic E-state index is 12.6. The molecule has 1 fully saturated rings. The molecule has 0 aromatic carbocycles. The maximum atomic E-state index is 12.6. The molecule has 3 rings (SSSR count). The van der Waals surface area contributed by atoms with E-state index in [2.05, 4.69) is 20.8 Å². The van der Waals surface area contributed by atoms with Crippen LogP contribution < -0.4 is 5.32 Å².